The highest BCUT2D eigenvalue weighted by Gasteiger charge is 2.30. The molecule has 0 atom stereocenters. The van der Waals surface area contributed by atoms with E-state index in [2.05, 4.69) is 5.32 Å². The third kappa shape index (κ3) is 5.17. The molecular weight excluding hydrogens is 331 g/mol. The number of carbonyl (C=O) groups excluding carboxylic acids is 2. The van der Waals surface area contributed by atoms with Gasteiger partial charge < -0.3 is 5.32 Å². The third-order valence-corrected chi connectivity index (χ3v) is 3.75. The monoisotopic (exact) mass is 349 g/mol. The Morgan fingerprint density at radius 2 is 1.72 bits per heavy atom. The molecule has 3 nitrogen and oxygen atoms in total. The number of carbonyl (C=O) groups is 2. The van der Waals surface area contributed by atoms with E-state index >= 15 is 0 Å². The first-order valence-corrected chi connectivity index (χ1v) is 7.74. The van der Waals surface area contributed by atoms with E-state index in [1.165, 1.54) is 12.1 Å². The number of nitrogens with one attached hydrogen (secondary N) is 1. The van der Waals surface area contributed by atoms with Gasteiger partial charge in [-0.25, -0.2) is 0 Å². The van der Waals surface area contributed by atoms with Crippen molar-refractivity contribution in [2.75, 3.05) is 5.32 Å². The Bertz CT molecular complexity index is 797. The van der Waals surface area contributed by atoms with E-state index in [1.807, 2.05) is 26.0 Å². The summed E-state index contributed by atoms with van der Waals surface area (Å²) in [6.07, 6.45) is -4.57. The van der Waals surface area contributed by atoms with Gasteiger partial charge in [-0.15, -0.1) is 0 Å². The molecule has 2 rings (SSSR count). The van der Waals surface area contributed by atoms with Crippen LogP contribution in [0.25, 0.3) is 0 Å². The van der Waals surface area contributed by atoms with Gasteiger partial charge in [0.05, 0.1) is 5.56 Å². The van der Waals surface area contributed by atoms with Gasteiger partial charge >= 0.3 is 6.18 Å². The van der Waals surface area contributed by atoms with Crippen molar-refractivity contribution in [3.05, 3.63) is 64.7 Å². The molecule has 0 unspecified atom stereocenters. The number of hydrogen-bond donors (Lipinski definition) is 1. The lowest BCUT2D eigenvalue weighted by atomic mass is 9.99. The molecule has 0 saturated carbocycles. The maximum atomic E-state index is 12.7. The lowest BCUT2D eigenvalue weighted by molar-refractivity contribution is -0.137. The summed E-state index contributed by atoms with van der Waals surface area (Å²) in [5.74, 6) is -0.668. The largest absolute Gasteiger partial charge is 0.416 e. The van der Waals surface area contributed by atoms with Gasteiger partial charge in [0, 0.05) is 24.1 Å². The zero-order valence-electron chi connectivity index (χ0n) is 13.9. The molecule has 0 aliphatic heterocycles. The van der Waals surface area contributed by atoms with Crippen LogP contribution in [0.3, 0.4) is 0 Å². The Morgan fingerprint density at radius 3 is 2.40 bits per heavy atom. The second-order valence-electron chi connectivity index (χ2n) is 5.87. The highest BCUT2D eigenvalue weighted by molar-refractivity contribution is 6.01. The van der Waals surface area contributed by atoms with E-state index in [4.69, 9.17) is 0 Å². The highest BCUT2D eigenvalue weighted by Crippen LogP contribution is 2.30. The van der Waals surface area contributed by atoms with Crippen molar-refractivity contribution in [1.29, 1.82) is 0 Å². The van der Waals surface area contributed by atoms with Gasteiger partial charge in [-0.2, -0.15) is 13.2 Å². The van der Waals surface area contributed by atoms with Crippen LogP contribution in [0, 0.1) is 13.8 Å². The van der Waals surface area contributed by atoms with Crippen LogP contribution in [-0.4, -0.2) is 11.7 Å². The third-order valence-electron chi connectivity index (χ3n) is 3.75. The molecule has 0 fully saturated rings. The number of anilines is 1. The predicted octanol–water partition coefficient (Wildman–Crippen LogP) is 4.92. The van der Waals surface area contributed by atoms with Gasteiger partial charge in [-0.05, 0) is 43.7 Å². The number of Topliss-reactive ketones (excluding diaryl/α,β-unsaturated/α-hetero) is 1. The fourth-order valence-electron chi connectivity index (χ4n) is 2.39. The van der Waals surface area contributed by atoms with Crippen LogP contribution >= 0.6 is 0 Å². The molecule has 0 spiro atoms. The van der Waals surface area contributed by atoms with Crippen LogP contribution in [0.4, 0.5) is 18.9 Å². The molecule has 0 aliphatic rings. The van der Waals surface area contributed by atoms with E-state index in [1.54, 1.807) is 6.07 Å². The quantitative estimate of drug-likeness (QED) is 0.779. The molecule has 0 aromatic heterocycles. The molecule has 0 radical (unpaired) electrons. The molecule has 2 aromatic carbocycles. The molecule has 6 heteroatoms. The highest BCUT2D eigenvalue weighted by atomic mass is 19.4. The summed E-state index contributed by atoms with van der Waals surface area (Å²) in [6, 6.07) is 9.89. The molecule has 1 N–H and O–H groups in total. The van der Waals surface area contributed by atoms with E-state index in [-0.39, 0.29) is 24.3 Å². The number of aryl methyl sites for hydroxylation is 2. The van der Waals surface area contributed by atoms with Crippen molar-refractivity contribution in [2.45, 2.75) is 32.9 Å². The average molecular weight is 349 g/mol. The number of alkyl halides is 3. The van der Waals surface area contributed by atoms with Crippen molar-refractivity contribution >= 4 is 17.4 Å². The average Bonchev–Trinajstić information content (AvgIpc) is 2.54. The fourth-order valence-corrected chi connectivity index (χ4v) is 2.39. The van der Waals surface area contributed by atoms with Gasteiger partial charge in [0.25, 0.3) is 0 Å². The van der Waals surface area contributed by atoms with Crippen LogP contribution in [0.2, 0.25) is 0 Å². The second kappa shape index (κ2) is 7.51. The molecule has 132 valence electrons. The summed E-state index contributed by atoms with van der Waals surface area (Å²) < 4.78 is 38.0. The van der Waals surface area contributed by atoms with Gasteiger partial charge in [-0.3, -0.25) is 9.59 Å². The Kier molecular flexibility index (Phi) is 5.62. The molecule has 1 amide bonds. The number of ketones is 1. The first kappa shape index (κ1) is 18.7. The lowest BCUT2D eigenvalue weighted by Gasteiger charge is -2.10. The molecule has 0 heterocycles. The molecule has 25 heavy (non-hydrogen) atoms. The van der Waals surface area contributed by atoms with Crippen LogP contribution in [0.15, 0.2) is 42.5 Å². The van der Waals surface area contributed by atoms with Gasteiger partial charge in [0.15, 0.2) is 5.78 Å². The molecular formula is C19H18F3NO2. The van der Waals surface area contributed by atoms with Crippen molar-refractivity contribution < 1.29 is 22.8 Å². The van der Waals surface area contributed by atoms with Crippen LogP contribution in [-0.2, 0) is 11.0 Å². The Labute approximate surface area is 143 Å². The van der Waals surface area contributed by atoms with Gasteiger partial charge in [0.1, 0.15) is 0 Å². The standard InChI is InChI=1S/C19H18F3NO2/c1-12-6-7-13(2)16(10-12)17(24)8-9-18(25)23-15-5-3-4-14(11-15)19(20,21)22/h3-7,10-11H,8-9H2,1-2H3,(H,23,25). The van der Waals surface area contributed by atoms with Crippen LogP contribution in [0.5, 0.6) is 0 Å². The summed E-state index contributed by atoms with van der Waals surface area (Å²) in [5.41, 5.74) is 1.55. The van der Waals surface area contributed by atoms with Gasteiger partial charge in [0.2, 0.25) is 5.91 Å². The van der Waals surface area contributed by atoms with Crippen molar-refractivity contribution in [2.24, 2.45) is 0 Å². The number of rotatable bonds is 5. The van der Waals surface area contributed by atoms with Crippen LogP contribution < -0.4 is 5.32 Å². The van der Waals surface area contributed by atoms with Crippen LogP contribution in [0.1, 0.15) is 39.9 Å². The minimum atomic E-state index is -4.47. The molecule has 0 aliphatic carbocycles. The summed E-state index contributed by atoms with van der Waals surface area (Å²) >= 11 is 0. The van der Waals surface area contributed by atoms with E-state index in [9.17, 15) is 22.8 Å². The van der Waals surface area contributed by atoms with E-state index in [0.29, 0.717) is 5.56 Å². The first-order valence-electron chi connectivity index (χ1n) is 7.74. The summed E-state index contributed by atoms with van der Waals surface area (Å²) in [7, 11) is 0. The van der Waals surface area contributed by atoms with E-state index < -0.39 is 17.6 Å². The normalized spacial score (nSPS) is 11.2. The smallest absolute Gasteiger partial charge is 0.326 e. The topological polar surface area (TPSA) is 46.2 Å². The van der Waals surface area contributed by atoms with Gasteiger partial charge in [-0.1, -0.05) is 23.8 Å². The summed E-state index contributed by atoms with van der Waals surface area (Å²) in [6.45, 7) is 3.69. The summed E-state index contributed by atoms with van der Waals surface area (Å²) in [5, 5.41) is 2.40. The Morgan fingerprint density at radius 1 is 1.00 bits per heavy atom. The fraction of sp³-hybridized carbons (Fsp3) is 0.263. The molecule has 2 aromatic rings. The Balaban J connectivity index is 1.97. The van der Waals surface area contributed by atoms with Crippen molar-refractivity contribution in [1.82, 2.24) is 0 Å². The number of benzene rings is 2. The number of hydrogen-bond acceptors (Lipinski definition) is 2. The Hall–Kier alpha value is -2.63. The minimum absolute atomic E-state index is 0.00487. The maximum absolute atomic E-state index is 12.7. The van der Waals surface area contributed by atoms with E-state index in [0.717, 1.165) is 23.3 Å². The van der Waals surface area contributed by atoms with Crippen molar-refractivity contribution in [3.8, 4) is 0 Å². The zero-order valence-corrected chi connectivity index (χ0v) is 13.9. The first-order chi connectivity index (χ1) is 11.7. The minimum Gasteiger partial charge on any atom is -0.326 e. The predicted molar refractivity (Wildman–Crippen MR) is 89.6 cm³/mol. The number of amides is 1. The lowest BCUT2D eigenvalue weighted by Crippen LogP contribution is -2.14. The molecule has 0 bridgehead atoms. The SMILES string of the molecule is Cc1ccc(C)c(C(=O)CCC(=O)Nc2cccc(C(F)(F)F)c2)c1. The van der Waals surface area contributed by atoms with Crippen molar-refractivity contribution in [3.63, 3.8) is 0 Å². The summed E-state index contributed by atoms with van der Waals surface area (Å²) in [4.78, 5) is 24.1. The zero-order chi connectivity index (χ0) is 18.6. The maximum Gasteiger partial charge on any atom is 0.416 e. The molecule has 0 saturated heterocycles. The second-order valence-corrected chi connectivity index (χ2v) is 5.87. The number of halogens is 3.